The van der Waals surface area contributed by atoms with Crippen LogP contribution in [0.1, 0.15) is 50.7 Å². The van der Waals surface area contributed by atoms with Crippen LogP contribution < -0.4 is 15.0 Å². The first-order valence-corrected chi connectivity index (χ1v) is 13.4. The highest BCUT2D eigenvalue weighted by Crippen LogP contribution is 2.33. The van der Waals surface area contributed by atoms with Gasteiger partial charge in [-0.2, -0.15) is 0 Å². The molecule has 41 heavy (non-hydrogen) atoms. The van der Waals surface area contributed by atoms with Crippen LogP contribution in [0.25, 0.3) is 16.6 Å². The molecule has 4 aromatic rings. The molecule has 0 radical (unpaired) electrons. The second-order valence-electron chi connectivity index (χ2n) is 11.4. The number of fused-ring (bicyclic) bond motifs is 2. The Balaban J connectivity index is 1.46. The molecule has 216 valence electrons. The summed E-state index contributed by atoms with van der Waals surface area (Å²) in [5, 5.41) is 11.9. The molecule has 3 aromatic heterocycles. The summed E-state index contributed by atoms with van der Waals surface area (Å²) in [6, 6.07) is 6.23. The molecule has 1 N–H and O–H groups in total. The average Bonchev–Trinajstić information content (AvgIpc) is 3.26. The molecule has 2 amide bonds. The van der Waals surface area contributed by atoms with E-state index in [2.05, 4.69) is 25.4 Å². The van der Waals surface area contributed by atoms with E-state index in [0.29, 0.717) is 35.6 Å². The largest absolute Gasteiger partial charge is 0.480 e. The Morgan fingerprint density at radius 3 is 2.44 bits per heavy atom. The quantitative estimate of drug-likeness (QED) is 0.376. The van der Waals surface area contributed by atoms with Gasteiger partial charge in [-0.15, -0.1) is 10.2 Å². The van der Waals surface area contributed by atoms with Gasteiger partial charge in [-0.05, 0) is 53.7 Å². The number of aryl methyl sites for hydroxylation is 1. The fraction of sp³-hybridized carbons (Fsp3) is 0.414. The first-order valence-electron chi connectivity index (χ1n) is 13.4. The van der Waals surface area contributed by atoms with E-state index >= 15 is 0 Å². The fourth-order valence-corrected chi connectivity index (χ4v) is 5.30. The van der Waals surface area contributed by atoms with Crippen molar-refractivity contribution in [2.24, 2.45) is 0 Å². The minimum Gasteiger partial charge on any atom is -0.480 e. The number of benzene rings is 1. The minimum atomic E-state index is -0.593. The number of ether oxygens (including phenoxy) is 2. The summed E-state index contributed by atoms with van der Waals surface area (Å²) in [7, 11) is 1.50. The number of nitrogens with zero attached hydrogens (tertiary/aromatic N) is 6. The molecule has 1 aromatic carbocycles. The molecule has 1 aliphatic heterocycles. The topological polar surface area (TPSA) is 114 Å². The Hall–Kier alpha value is -4.48. The molecule has 0 saturated carbocycles. The van der Waals surface area contributed by atoms with Crippen LogP contribution >= 0.6 is 0 Å². The van der Waals surface area contributed by atoms with Gasteiger partial charge in [0.05, 0.1) is 36.1 Å². The van der Waals surface area contributed by atoms with Gasteiger partial charge in [0.15, 0.2) is 11.5 Å². The molecule has 0 bridgehead atoms. The second-order valence-corrected chi connectivity index (χ2v) is 11.4. The fourth-order valence-electron chi connectivity index (χ4n) is 5.30. The number of nitrogens with one attached hydrogen (secondary N) is 1. The smallest absolute Gasteiger partial charge is 0.410 e. The molecule has 2 unspecified atom stereocenters. The third-order valence-electron chi connectivity index (χ3n) is 6.91. The number of pyridine rings is 1. The number of carbonyl (C=O) groups is 2. The number of piperazine rings is 1. The number of carbonyl (C=O) groups excluding carboxylic acids is 2. The van der Waals surface area contributed by atoms with Gasteiger partial charge in [0.25, 0.3) is 5.91 Å². The number of methoxy groups -OCH3 is 1. The Morgan fingerprint density at radius 2 is 1.78 bits per heavy atom. The Labute approximate surface area is 237 Å². The van der Waals surface area contributed by atoms with Crippen molar-refractivity contribution in [2.75, 3.05) is 30.4 Å². The SMILES string of the molecule is COc1cc2c(N3CC(C)N(C(=O)OC(C)(C)C)C(C)C3)ccc(C(=O)Nc3cc(F)c4nc(C)cn4c3)c2nn1. The number of halogens is 1. The molecule has 0 aliphatic carbocycles. The van der Waals surface area contributed by atoms with Crippen molar-refractivity contribution in [2.45, 2.75) is 59.2 Å². The predicted molar refractivity (Wildman–Crippen MR) is 153 cm³/mol. The van der Waals surface area contributed by atoms with Crippen LogP contribution in [0.15, 0.2) is 36.7 Å². The monoisotopic (exact) mass is 563 g/mol. The van der Waals surface area contributed by atoms with Gasteiger partial charge in [-0.1, -0.05) is 0 Å². The van der Waals surface area contributed by atoms with Crippen LogP contribution in [0.4, 0.5) is 20.6 Å². The van der Waals surface area contributed by atoms with Gasteiger partial charge in [0.2, 0.25) is 5.88 Å². The molecular weight excluding hydrogens is 529 g/mol. The summed E-state index contributed by atoms with van der Waals surface area (Å²) < 4.78 is 27.1. The molecule has 5 rings (SSSR count). The van der Waals surface area contributed by atoms with Crippen molar-refractivity contribution < 1.29 is 23.5 Å². The molecular formula is C29H34FN7O4. The van der Waals surface area contributed by atoms with Crippen LogP contribution in [0.5, 0.6) is 5.88 Å². The normalized spacial score (nSPS) is 17.7. The first kappa shape index (κ1) is 28.1. The Bertz CT molecular complexity index is 1640. The minimum absolute atomic E-state index is 0.139. The van der Waals surface area contributed by atoms with E-state index in [4.69, 9.17) is 9.47 Å². The lowest BCUT2D eigenvalue weighted by atomic mass is 10.0. The number of imidazole rings is 1. The molecule has 11 nitrogen and oxygen atoms in total. The van der Waals surface area contributed by atoms with E-state index in [0.717, 1.165) is 5.69 Å². The van der Waals surface area contributed by atoms with E-state index in [1.54, 1.807) is 36.4 Å². The van der Waals surface area contributed by atoms with Crippen LogP contribution in [-0.4, -0.2) is 74.4 Å². The molecule has 0 spiro atoms. The number of amides is 2. The van der Waals surface area contributed by atoms with Gasteiger partial charge < -0.3 is 24.1 Å². The zero-order valence-electron chi connectivity index (χ0n) is 24.2. The number of hydrogen-bond acceptors (Lipinski definition) is 8. The summed E-state index contributed by atoms with van der Waals surface area (Å²) >= 11 is 0. The first-order chi connectivity index (χ1) is 19.3. The van der Waals surface area contributed by atoms with E-state index in [-0.39, 0.29) is 35.1 Å². The van der Waals surface area contributed by atoms with Crippen molar-refractivity contribution >= 4 is 39.9 Å². The third kappa shape index (κ3) is 5.59. The van der Waals surface area contributed by atoms with Crippen molar-refractivity contribution in [1.29, 1.82) is 0 Å². The summed E-state index contributed by atoms with van der Waals surface area (Å²) in [5.41, 5.74) is 2.00. The van der Waals surface area contributed by atoms with E-state index in [9.17, 15) is 14.0 Å². The van der Waals surface area contributed by atoms with Crippen LogP contribution in [-0.2, 0) is 4.74 Å². The van der Waals surface area contributed by atoms with E-state index in [1.165, 1.54) is 17.6 Å². The van der Waals surface area contributed by atoms with Gasteiger partial charge in [-0.25, -0.2) is 14.2 Å². The summed E-state index contributed by atoms with van der Waals surface area (Å²) in [6.45, 7) is 12.4. The zero-order chi connectivity index (χ0) is 29.6. The average molecular weight is 564 g/mol. The van der Waals surface area contributed by atoms with Crippen LogP contribution in [0.3, 0.4) is 0 Å². The molecule has 12 heteroatoms. The molecule has 4 heterocycles. The van der Waals surface area contributed by atoms with Crippen LogP contribution in [0, 0.1) is 12.7 Å². The van der Waals surface area contributed by atoms with E-state index < -0.39 is 17.3 Å². The Kier molecular flexibility index (Phi) is 7.18. The summed E-state index contributed by atoms with van der Waals surface area (Å²) in [4.78, 5) is 34.4. The van der Waals surface area contributed by atoms with Gasteiger partial charge in [0, 0.05) is 48.7 Å². The number of hydrogen-bond donors (Lipinski definition) is 1. The lowest BCUT2D eigenvalue weighted by Crippen LogP contribution is -2.59. The zero-order valence-corrected chi connectivity index (χ0v) is 24.2. The number of aromatic nitrogens is 4. The lowest BCUT2D eigenvalue weighted by Gasteiger charge is -2.45. The molecule has 1 fully saturated rings. The van der Waals surface area contributed by atoms with Gasteiger partial charge >= 0.3 is 6.09 Å². The maximum Gasteiger partial charge on any atom is 0.410 e. The maximum atomic E-state index is 14.6. The van der Waals surface area contributed by atoms with Gasteiger partial charge in [0.1, 0.15) is 11.1 Å². The number of anilines is 2. The number of rotatable bonds is 4. The molecule has 1 saturated heterocycles. The van der Waals surface area contributed by atoms with Gasteiger partial charge in [-0.3, -0.25) is 9.69 Å². The summed E-state index contributed by atoms with van der Waals surface area (Å²) in [6.07, 6.45) is 2.94. The molecule has 1 aliphatic rings. The van der Waals surface area contributed by atoms with Crippen molar-refractivity contribution in [3.05, 3.63) is 53.7 Å². The van der Waals surface area contributed by atoms with Crippen molar-refractivity contribution in [1.82, 2.24) is 24.5 Å². The lowest BCUT2D eigenvalue weighted by molar-refractivity contribution is 0.00567. The highest BCUT2D eigenvalue weighted by molar-refractivity contribution is 6.14. The van der Waals surface area contributed by atoms with Crippen molar-refractivity contribution in [3.8, 4) is 5.88 Å². The second kappa shape index (κ2) is 10.5. The Morgan fingerprint density at radius 1 is 1.07 bits per heavy atom. The predicted octanol–water partition coefficient (Wildman–Crippen LogP) is 4.82. The highest BCUT2D eigenvalue weighted by atomic mass is 19.1. The standard InChI is InChI=1S/C29H34FN7O4/c1-16-12-36-15-19(10-22(30)26(36)31-16)32-27(38)20-8-9-23(21-11-24(40-7)33-34-25(20)21)35-13-17(2)37(18(3)14-35)28(39)41-29(4,5)6/h8-12,15,17-18H,13-14H2,1-7H3,(H,32,38). The highest BCUT2D eigenvalue weighted by Gasteiger charge is 2.36. The van der Waals surface area contributed by atoms with Crippen LogP contribution in [0.2, 0.25) is 0 Å². The van der Waals surface area contributed by atoms with E-state index in [1.807, 2.05) is 40.7 Å². The maximum absolute atomic E-state index is 14.6. The third-order valence-corrected chi connectivity index (χ3v) is 6.91. The molecule has 2 atom stereocenters. The summed E-state index contributed by atoms with van der Waals surface area (Å²) in [5.74, 6) is -0.713. The van der Waals surface area contributed by atoms with Crippen molar-refractivity contribution in [3.63, 3.8) is 0 Å².